The third kappa shape index (κ3) is 6.28. The molecular weight excluding hydrogens is 440 g/mol. The molecule has 0 bridgehead atoms. The van der Waals surface area contributed by atoms with Crippen molar-refractivity contribution in [3.63, 3.8) is 0 Å². The summed E-state index contributed by atoms with van der Waals surface area (Å²) in [5.41, 5.74) is 4.56. The van der Waals surface area contributed by atoms with Crippen molar-refractivity contribution < 1.29 is 24.2 Å². The first kappa shape index (κ1) is 24.6. The number of ether oxygens (including phenoxy) is 1. The lowest BCUT2D eigenvalue weighted by Gasteiger charge is -2.20. The van der Waals surface area contributed by atoms with Crippen molar-refractivity contribution >= 4 is 29.7 Å². The Morgan fingerprint density at radius 3 is 2.18 bits per heavy atom. The van der Waals surface area contributed by atoms with E-state index in [9.17, 15) is 19.5 Å². The molecule has 33 heavy (non-hydrogen) atoms. The molecule has 1 aliphatic rings. The SMILES string of the molecule is CC[C@H](CC(=O)N[C@H](CCSC)C(=O)O)NC(=O)OCC1c2ccccc2-c2ccccc21. The van der Waals surface area contributed by atoms with Gasteiger partial charge in [-0.1, -0.05) is 55.5 Å². The van der Waals surface area contributed by atoms with E-state index in [-0.39, 0.29) is 18.9 Å². The average molecular weight is 471 g/mol. The van der Waals surface area contributed by atoms with Gasteiger partial charge in [0.15, 0.2) is 0 Å². The van der Waals surface area contributed by atoms with Crippen LogP contribution in [-0.2, 0) is 14.3 Å². The number of carbonyl (C=O) groups is 3. The van der Waals surface area contributed by atoms with E-state index in [0.29, 0.717) is 18.6 Å². The van der Waals surface area contributed by atoms with Crippen LogP contribution in [0.5, 0.6) is 0 Å². The molecule has 0 unspecified atom stereocenters. The minimum atomic E-state index is -1.06. The summed E-state index contributed by atoms with van der Waals surface area (Å²) < 4.78 is 5.55. The Morgan fingerprint density at radius 2 is 1.64 bits per heavy atom. The molecule has 3 N–H and O–H groups in total. The van der Waals surface area contributed by atoms with Gasteiger partial charge in [-0.15, -0.1) is 0 Å². The van der Waals surface area contributed by atoms with Gasteiger partial charge in [0, 0.05) is 18.4 Å². The summed E-state index contributed by atoms with van der Waals surface area (Å²) in [6.45, 7) is 2.04. The van der Waals surface area contributed by atoms with Crippen molar-refractivity contribution in [2.45, 2.75) is 44.2 Å². The number of benzene rings is 2. The van der Waals surface area contributed by atoms with Crippen molar-refractivity contribution in [3.05, 3.63) is 59.7 Å². The Balaban J connectivity index is 1.54. The molecule has 0 heterocycles. The molecule has 2 aromatic carbocycles. The molecule has 0 radical (unpaired) electrons. The summed E-state index contributed by atoms with van der Waals surface area (Å²) in [5.74, 6) is -0.879. The first-order valence-corrected chi connectivity index (χ1v) is 12.5. The minimum absolute atomic E-state index is 0.0102. The number of amides is 2. The summed E-state index contributed by atoms with van der Waals surface area (Å²) in [4.78, 5) is 36.2. The van der Waals surface area contributed by atoms with Gasteiger partial charge in [-0.3, -0.25) is 4.79 Å². The molecule has 3 rings (SSSR count). The van der Waals surface area contributed by atoms with Gasteiger partial charge in [-0.2, -0.15) is 11.8 Å². The maximum absolute atomic E-state index is 12.5. The quantitative estimate of drug-likeness (QED) is 0.458. The van der Waals surface area contributed by atoms with E-state index in [0.717, 1.165) is 22.3 Å². The normalized spacial score (nSPS) is 14.0. The van der Waals surface area contributed by atoms with Crippen LogP contribution in [0.25, 0.3) is 11.1 Å². The summed E-state index contributed by atoms with van der Waals surface area (Å²) in [7, 11) is 0. The molecular formula is C25H30N2O5S. The highest BCUT2D eigenvalue weighted by Gasteiger charge is 2.29. The van der Waals surface area contributed by atoms with Crippen molar-refractivity contribution in [2.24, 2.45) is 0 Å². The van der Waals surface area contributed by atoms with Crippen molar-refractivity contribution in [1.82, 2.24) is 10.6 Å². The van der Waals surface area contributed by atoms with Gasteiger partial charge >= 0.3 is 12.1 Å². The zero-order valence-corrected chi connectivity index (χ0v) is 19.7. The van der Waals surface area contributed by atoms with Crippen LogP contribution in [-0.4, -0.2) is 53.8 Å². The number of fused-ring (bicyclic) bond motifs is 3. The number of carbonyl (C=O) groups excluding carboxylic acids is 2. The number of rotatable bonds is 11. The van der Waals surface area contributed by atoms with Crippen LogP contribution < -0.4 is 10.6 Å². The Kier molecular flexibility index (Phi) is 8.77. The fraction of sp³-hybridized carbons (Fsp3) is 0.400. The van der Waals surface area contributed by atoms with Gasteiger partial charge in [0.25, 0.3) is 0 Å². The van der Waals surface area contributed by atoms with E-state index in [1.165, 1.54) is 11.8 Å². The number of alkyl carbamates (subject to hydrolysis) is 1. The standard InChI is InChI=1S/C25H30N2O5S/c1-3-16(14-23(28)27-22(24(29)30)12-13-33-2)26-25(31)32-15-21-19-10-6-4-8-17(19)18-9-5-7-11-20(18)21/h4-11,16,21-22H,3,12-15H2,1-2H3,(H,26,31)(H,27,28)(H,29,30)/t16-,22-/m1/s1. The molecule has 0 aliphatic heterocycles. The van der Waals surface area contributed by atoms with Crippen LogP contribution in [0, 0.1) is 0 Å². The van der Waals surface area contributed by atoms with E-state index < -0.39 is 30.1 Å². The highest BCUT2D eigenvalue weighted by Crippen LogP contribution is 2.44. The first-order valence-electron chi connectivity index (χ1n) is 11.1. The molecule has 0 spiro atoms. The molecule has 0 saturated carbocycles. The summed E-state index contributed by atoms with van der Waals surface area (Å²) >= 11 is 1.52. The van der Waals surface area contributed by atoms with Gasteiger partial charge in [-0.25, -0.2) is 9.59 Å². The molecule has 1 aliphatic carbocycles. The molecule has 8 heteroatoms. The highest BCUT2D eigenvalue weighted by atomic mass is 32.2. The molecule has 176 valence electrons. The predicted molar refractivity (Wildman–Crippen MR) is 129 cm³/mol. The van der Waals surface area contributed by atoms with Gasteiger partial charge in [0.1, 0.15) is 12.6 Å². The van der Waals surface area contributed by atoms with Gasteiger partial charge < -0.3 is 20.5 Å². The fourth-order valence-electron chi connectivity index (χ4n) is 4.07. The third-order valence-electron chi connectivity index (χ3n) is 5.83. The number of carboxylic acids is 1. The predicted octanol–water partition coefficient (Wildman–Crippen LogP) is 4.02. The lowest BCUT2D eigenvalue weighted by molar-refractivity contribution is -0.141. The molecule has 0 saturated heterocycles. The number of nitrogens with one attached hydrogen (secondary N) is 2. The van der Waals surface area contributed by atoms with E-state index in [4.69, 9.17) is 4.74 Å². The first-order chi connectivity index (χ1) is 15.9. The monoisotopic (exact) mass is 470 g/mol. The molecule has 0 fully saturated rings. The Morgan fingerprint density at radius 1 is 1.03 bits per heavy atom. The zero-order valence-electron chi connectivity index (χ0n) is 18.9. The summed E-state index contributed by atoms with van der Waals surface area (Å²) in [6.07, 6.45) is 2.14. The second kappa shape index (κ2) is 11.7. The molecule has 2 atom stereocenters. The van der Waals surface area contributed by atoms with E-state index in [1.54, 1.807) is 0 Å². The van der Waals surface area contributed by atoms with Crippen LogP contribution in [0.3, 0.4) is 0 Å². The van der Waals surface area contributed by atoms with Gasteiger partial charge in [-0.05, 0) is 47.1 Å². The maximum atomic E-state index is 12.5. The van der Waals surface area contributed by atoms with Crippen LogP contribution in [0.1, 0.15) is 43.2 Å². The number of hydrogen-bond donors (Lipinski definition) is 3. The topological polar surface area (TPSA) is 105 Å². The summed E-state index contributed by atoms with van der Waals surface area (Å²) in [5, 5.41) is 14.6. The van der Waals surface area contributed by atoms with Gasteiger partial charge in [0.2, 0.25) is 5.91 Å². The van der Waals surface area contributed by atoms with Crippen molar-refractivity contribution in [1.29, 1.82) is 0 Å². The average Bonchev–Trinajstić information content (AvgIpc) is 3.13. The second-order valence-corrected chi connectivity index (χ2v) is 9.00. The number of aliphatic carboxylic acids is 1. The fourth-order valence-corrected chi connectivity index (χ4v) is 4.55. The lowest BCUT2D eigenvalue weighted by Crippen LogP contribution is -2.45. The van der Waals surface area contributed by atoms with Crippen LogP contribution in [0.15, 0.2) is 48.5 Å². The lowest BCUT2D eigenvalue weighted by atomic mass is 9.98. The molecule has 7 nitrogen and oxygen atoms in total. The van der Waals surface area contributed by atoms with Gasteiger partial charge in [0.05, 0.1) is 0 Å². The smallest absolute Gasteiger partial charge is 0.407 e. The highest BCUT2D eigenvalue weighted by molar-refractivity contribution is 7.98. The Labute approximate surface area is 198 Å². The van der Waals surface area contributed by atoms with Crippen molar-refractivity contribution in [2.75, 3.05) is 18.6 Å². The maximum Gasteiger partial charge on any atom is 0.407 e. The summed E-state index contributed by atoms with van der Waals surface area (Å²) in [6, 6.07) is 14.8. The zero-order chi connectivity index (χ0) is 23.8. The van der Waals surface area contributed by atoms with Crippen LogP contribution in [0.4, 0.5) is 4.79 Å². The second-order valence-electron chi connectivity index (χ2n) is 8.02. The van der Waals surface area contributed by atoms with Crippen molar-refractivity contribution in [3.8, 4) is 11.1 Å². The minimum Gasteiger partial charge on any atom is -0.480 e. The van der Waals surface area contributed by atoms with E-state index in [2.05, 4.69) is 34.9 Å². The third-order valence-corrected chi connectivity index (χ3v) is 6.48. The van der Waals surface area contributed by atoms with Crippen LogP contribution >= 0.6 is 11.8 Å². The number of thioether (sulfide) groups is 1. The number of carboxylic acid groups (broad SMARTS) is 1. The number of hydrogen-bond acceptors (Lipinski definition) is 5. The van der Waals surface area contributed by atoms with E-state index >= 15 is 0 Å². The Bertz CT molecular complexity index is 951. The Hall–Kier alpha value is -3.00. The molecule has 2 amide bonds. The van der Waals surface area contributed by atoms with Crippen LogP contribution in [0.2, 0.25) is 0 Å². The largest absolute Gasteiger partial charge is 0.480 e. The molecule has 0 aromatic heterocycles. The van der Waals surface area contributed by atoms with E-state index in [1.807, 2.05) is 37.4 Å². The molecule has 2 aromatic rings.